The maximum Gasteiger partial charge on any atom is 0.124 e. The minimum absolute atomic E-state index is 0. The first kappa shape index (κ1) is 20.9. The molecule has 142 valence electrons. The lowest BCUT2D eigenvalue weighted by atomic mass is 10.1. The molecule has 0 fully saturated rings. The van der Waals surface area contributed by atoms with Crippen molar-refractivity contribution in [3.8, 4) is 5.75 Å². The highest BCUT2D eigenvalue weighted by Gasteiger charge is 2.04. The molecule has 27 heavy (non-hydrogen) atoms. The van der Waals surface area contributed by atoms with Crippen LogP contribution in [-0.2, 0) is 19.6 Å². The van der Waals surface area contributed by atoms with E-state index in [2.05, 4.69) is 5.32 Å². The normalized spacial score (nSPS) is 10.3. The summed E-state index contributed by atoms with van der Waals surface area (Å²) in [5, 5.41) is 3.39. The van der Waals surface area contributed by atoms with Gasteiger partial charge in [-0.15, -0.1) is 12.4 Å². The van der Waals surface area contributed by atoms with Crippen LogP contribution in [0, 0.1) is 11.6 Å². The summed E-state index contributed by atoms with van der Waals surface area (Å²) in [5.74, 6) is 0.347. The minimum Gasteiger partial charge on any atom is -0.489 e. The molecule has 0 aliphatic rings. The predicted molar refractivity (Wildman–Crippen MR) is 106 cm³/mol. The van der Waals surface area contributed by atoms with Crippen LogP contribution in [-0.4, -0.2) is 6.54 Å². The third-order valence-corrected chi connectivity index (χ3v) is 4.10. The lowest BCUT2D eigenvalue weighted by Crippen LogP contribution is -2.17. The molecule has 0 amide bonds. The summed E-state index contributed by atoms with van der Waals surface area (Å²) in [6, 6.07) is 20.7. The van der Waals surface area contributed by atoms with E-state index in [0.717, 1.165) is 35.4 Å². The Morgan fingerprint density at radius 3 is 2.00 bits per heavy atom. The Balaban J connectivity index is 0.00000261. The fourth-order valence-electron chi connectivity index (χ4n) is 2.64. The number of para-hydroxylation sites is 1. The van der Waals surface area contributed by atoms with Crippen LogP contribution < -0.4 is 10.1 Å². The molecule has 0 saturated carbocycles. The Hall–Kier alpha value is -2.43. The van der Waals surface area contributed by atoms with E-state index in [4.69, 9.17) is 4.74 Å². The molecule has 3 aromatic carbocycles. The summed E-state index contributed by atoms with van der Waals surface area (Å²) in [5.41, 5.74) is 3.08. The van der Waals surface area contributed by atoms with Crippen molar-refractivity contribution >= 4 is 12.4 Å². The van der Waals surface area contributed by atoms with E-state index in [1.807, 2.05) is 24.3 Å². The number of nitrogens with one attached hydrogen (secondary N) is 1. The SMILES string of the molecule is Cl.Fc1ccc(CCNCc2ccccc2OCc2ccc(F)cc2)cc1. The maximum atomic E-state index is 13.0. The van der Waals surface area contributed by atoms with Gasteiger partial charge in [0.05, 0.1) is 0 Å². The number of ether oxygens (including phenoxy) is 1. The monoisotopic (exact) mass is 389 g/mol. The fourth-order valence-corrected chi connectivity index (χ4v) is 2.64. The molecule has 2 nitrogen and oxygen atoms in total. The number of hydrogen-bond acceptors (Lipinski definition) is 2. The van der Waals surface area contributed by atoms with Gasteiger partial charge in [-0.1, -0.05) is 42.5 Å². The van der Waals surface area contributed by atoms with Gasteiger partial charge >= 0.3 is 0 Å². The van der Waals surface area contributed by atoms with Crippen molar-refractivity contribution in [1.29, 1.82) is 0 Å². The Morgan fingerprint density at radius 1 is 0.741 bits per heavy atom. The van der Waals surface area contributed by atoms with Crippen LogP contribution >= 0.6 is 12.4 Å². The molecule has 1 N–H and O–H groups in total. The molecular weight excluding hydrogens is 368 g/mol. The van der Waals surface area contributed by atoms with Crippen LogP contribution in [0.25, 0.3) is 0 Å². The molecule has 0 aromatic heterocycles. The Morgan fingerprint density at radius 2 is 1.33 bits per heavy atom. The van der Waals surface area contributed by atoms with Crippen LogP contribution in [0.2, 0.25) is 0 Å². The minimum atomic E-state index is -0.250. The molecule has 5 heteroatoms. The molecular formula is C22H22ClF2NO. The van der Waals surface area contributed by atoms with Crippen LogP contribution in [0.3, 0.4) is 0 Å². The third kappa shape index (κ3) is 6.66. The van der Waals surface area contributed by atoms with Crippen LogP contribution in [0.1, 0.15) is 16.7 Å². The van der Waals surface area contributed by atoms with Gasteiger partial charge in [0.15, 0.2) is 0 Å². The molecule has 0 aliphatic carbocycles. The van der Waals surface area contributed by atoms with Crippen LogP contribution in [0.15, 0.2) is 72.8 Å². The molecule has 0 spiro atoms. The number of halogens is 3. The van der Waals surface area contributed by atoms with Crippen molar-refractivity contribution in [2.75, 3.05) is 6.54 Å². The molecule has 3 aromatic rings. The van der Waals surface area contributed by atoms with Crippen molar-refractivity contribution in [2.24, 2.45) is 0 Å². The maximum absolute atomic E-state index is 13.0. The van der Waals surface area contributed by atoms with Crippen molar-refractivity contribution in [2.45, 2.75) is 19.6 Å². The zero-order valence-corrected chi connectivity index (χ0v) is 15.6. The summed E-state index contributed by atoms with van der Waals surface area (Å²) in [6.07, 6.45) is 0.832. The molecule has 0 radical (unpaired) electrons. The smallest absolute Gasteiger partial charge is 0.124 e. The quantitative estimate of drug-likeness (QED) is 0.528. The number of hydrogen-bond donors (Lipinski definition) is 1. The van der Waals surface area contributed by atoms with E-state index >= 15 is 0 Å². The topological polar surface area (TPSA) is 21.3 Å². The van der Waals surface area contributed by atoms with Gasteiger partial charge in [0.2, 0.25) is 0 Å². The predicted octanol–water partition coefficient (Wildman–Crippen LogP) is 5.30. The van der Waals surface area contributed by atoms with Gasteiger partial charge in [-0.05, 0) is 54.4 Å². The van der Waals surface area contributed by atoms with E-state index < -0.39 is 0 Å². The summed E-state index contributed by atoms with van der Waals surface area (Å²) in [7, 11) is 0. The highest BCUT2D eigenvalue weighted by molar-refractivity contribution is 5.85. The Labute approximate surface area is 164 Å². The Kier molecular flexibility index (Phi) is 8.24. The third-order valence-electron chi connectivity index (χ3n) is 4.10. The summed E-state index contributed by atoms with van der Waals surface area (Å²) < 4.78 is 31.8. The van der Waals surface area contributed by atoms with E-state index in [0.29, 0.717) is 13.2 Å². The second kappa shape index (κ2) is 10.7. The second-order valence-corrected chi connectivity index (χ2v) is 6.08. The first-order valence-electron chi connectivity index (χ1n) is 8.61. The summed E-state index contributed by atoms with van der Waals surface area (Å²) >= 11 is 0. The molecule has 0 saturated heterocycles. The average Bonchev–Trinajstić information content (AvgIpc) is 2.67. The Bertz CT molecular complexity index is 822. The van der Waals surface area contributed by atoms with Crippen LogP contribution in [0.5, 0.6) is 5.75 Å². The lowest BCUT2D eigenvalue weighted by molar-refractivity contribution is 0.302. The van der Waals surface area contributed by atoms with Gasteiger partial charge in [0, 0.05) is 12.1 Å². The molecule has 0 unspecified atom stereocenters. The average molecular weight is 390 g/mol. The molecule has 0 bridgehead atoms. The van der Waals surface area contributed by atoms with Gasteiger partial charge in [-0.3, -0.25) is 0 Å². The molecule has 3 rings (SSSR count). The molecule has 0 aliphatic heterocycles. The van der Waals surface area contributed by atoms with Crippen molar-refractivity contribution in [3.05, 3.63) is 101 Å². The first-order chi connectivity index (χ1) is 12.7. The van der Waals surface area contributed by atoms with E-state index in [9.17, 15) is 8.78 Å². The molecule has 0 atom stereocenters. The summed E-state index contributed by atoms with van der Waals surface area (Å²) in [4.78, 5) is 0. The highest BCUT2D eigenvalue weighted by atomic mass is 35.5. The first-order valence-corrected chi connectivity index (χ1v) is 8.61. The van der Waals surface area contributed by atoms with Crippen molar-refractivity contribution < 1.29 is 13.5 Å². The molecule has 0 heterocycles. The van der Waals surface area contributed by atoms with E-state index in [1.54, 1.807) is 24.3 Å². The second-order valence-electron chi connectivity index (χ2n) is 6.08. The standard InChI is InChI=1S/C22H21F2NO.ClH/c23-20-9-5-17(6-10-20)13-14-25-15-19-3-1-2-4-22(19)26-16-18-7-11-21(24)12-8-18;/h1-12,25H,13-16H2;1H. The van der Waals surface area contributed by atoms with Crippen molar-refractivity contribution in [3.63, 3.8) is 0 Å². The van der Waals surface area contributed by atoms with Gasteiger partial charge in [-0.2, -0.15) is 0 Å². The summed E-state index contributed by atoms with van der Waals surface area (Å²) in [6.45, 7) is 1.87. The highest BCUT2D eigenvalue weighted by Crippen LogP contribution is 2.19. The van der Waals surface area contributed by atoms with Gasteiger partial charge in [0.25, 0.3) is 0 Å². The van der Waals surface area contributed by atoms with E-state index in [-0.39, 0.29) is 24.0 Å². The van der Waals surface area contributed by atoms with Crippen molar-refractivity contribution in [1.82, 2.24) is 5.32 Å². The lowest BCUT2D eigenvalue weighted by Gasteiger charge is -2.12. The number of benzene rings is 3. The van der Waals surface area contributed by atoms with Gasteiger partial charge < -0.3 is 10.1 Å². The van der Waals surface area contributed by atoms with Crippen LogP contribution in [0.4, 0.5) is 8.78 Å². The van der Waals surface area contributed by atoms with Gasteiger partial charge in [-0.25, -0.2) is 8.78 Å². The van der Waals surface area contributed by atoms with E-state index in [1.165, 1.54) is 24.3 Å². The number of rotatable bonds is 8. The largest absolute Gasteiger partial charge is 0.489 e. The zero-order chi connectivity index (χ0) is 18.2. The van der Waals surface area contributed by atoms with Gasteiger partial charge in [0.1, 0.15) is 24.0 Å². The zero-order valence-electron chi connectivity index (χ0n) is 14.8. The fraction of sp³-hybridized carbons (Fsp3) is 0.182.